The third kappa shape index (κ3) is 3.77. The lowest BCUT2D eigenvalue weighted by Gasteiger charge is -2.16. The number of aromatic hydroxyl groups is 1. The summed E-state index contributed by atoms with van der Waals surface area (Å²) in [6.07, 6.45) is 1.45. The number of Topliss-reactive ketones (excluding diaryl/α,β-unsaturated/α-hetero) is 1. The molecule has 1 aromatic carbocycles. The van der Waals surface area contributed by atoms with E-state index in [2.05, 4.69) is 0 Å². The molecule has 0 aliphatic heterocycles. The van der Waals surface area contributed by atoms with Crippen molar-refractivity contribution in [2.75, 3.05) is 6.61 Å². The van der Waals surface area contributed by atoms with E-state index in [4.69, 9.17) is 4.74 Å². The average Bonchev–Trinajstić information content (AvgIpc) is 2.61. The average molecular weight is 354 g/mol. The summed E-state index contributed by atoms with van der Waals surface area (Å²) >= 11 is 0. The van der Waals surface area contributed by atoms with Crippen molar-refractivity contribution in [3.8, 4) is 17.7 Å². The van der Waals surface area contributed by atoms with Crippen LogP contribution in [0.25, 0.3) is 0 Å². The van der Waals surface area contributed by atoms with Gasteiger partial charge in [0.1, 0.15) is 17.4 Å². The fourth-order valence-electron chi connectivity index (χ4n) is 2.74. The number of aromatic nitrogens is 1. The molecule has 1 aromatic heterocycles. The Labute approximate surface area is 152 Å². The van der Waals surface area contributed by atoms with Gasteiger partial charge in [0.05, 0.1) is 5.56 Å². The molecule has 1 N–H and O–H groups in total. The van der Waals surface area contributed by atoms with Gasteiger partial charge in [-0.2, -0.15) is 5.26 Å². The Hall–Kier alpha value is -3.07. The number of benzene rings is 1. The van der Waals surface area contributed by atoms with Gasteiger partial charge in [-0.05, 0) is 37.5 Å². The topological polar surface area (TPSA) is 92.3 Å². The van der Waals surface area contributed by atoms with Crippen molar-refractivity contribution in [3.05, 3.63) is 56.9 Å². The Bertz CT molecular complexity index is 923. The molecule has 0 saturated heterocycles. The number of carbonyl (C=O) groups excluding carboxylic acids is 1. The second-order valence-corrected chi connectivity index (χ2v) is 6.10. The monoisotopic (exact) mass is 354 g/mol. The molecule has 0 spiro atoms. The minimum atomic E-state index is -0.577. The molecule has 0 fully saturated rings. The maximum Gasteiger partial charge on any atom is 0.271 e. The summed E-state index contributed by atoms with van der Waals surface area (Å²) < 4.78 is 6.65. The summed E-state index contributed by atoms with van der Waals surface area (Å²) in [7, 11) is 0. The van der Waals surface area contributed by atoms with Crippen LogP contribution in [0.4, 0.5) is 0 Å². The number of ether oxygens (including phenoxy) is 1. The predicted molar refractivity (Wildman–Crippen MR) is 97.7 cm³/mol. The first-order chi connectivity index (χ1) is 12.4. The van der Waals surface area contributed by atoms with Gasteiger partial charge in [-0.25, -0.2) is 0 Å². The molecule has 0 radical (unpaired) electrons. The summed E-state index contributed by atoms with van der Waals surface area (Å²) in [6.45, 7) is 5.25. The van der Waals surface area contributed by atoms with Crippen molar-refractivity contribution < 1.29 is 14.6 Å². The molecule has 0 bridgehead atoms. The smallest absolute Gasteiger partial charge is 0.271 e. The summed E-state index contributed by atoms with van der Waals surface area (Å²) in [4.78, 5) is 25.1. The maximum atomic E-state index is 12.7. The van der Waals surface area contributed by atoms with E-state index in [1.807, 2.05) is 32.0 Å². The number of carbonyl (C=O) groups is 1. The Kier molecular flexibility index (Phi) is 6.18. The minimum absolute atomic E-state index is 0.0363. The first kappa shape index (κ1) is 19.3. The SMILES string of the molecule is CCCCn1c(O)c(C(=O)COc2ccccc2C)c(C)c(C#N)c1=O. The number of aryl methyl sites for hydroxylation is 1. The number of unbranched alkanes of at least 4 members (excludes halogenated alkanes) is 1. The predicted octanol–water partition coefficient (Wildman–Crippen LogP) is 3.10. The van der Waals surface area contributed by atoms with Gasteiger partial charge in [-0.15, -0.1) is 0 Å². The molecule has 0 amide bonds. The summed E-state index contributed by atoms with van der Waals surface area (Å²) in [6, 6.07) is 9.12. The Morgan fingerprint density at radius 2 is 2.00 bits per heavy atom. The first-order valence-corrected chi connectivity index (χ1v) is 8.50. The summed E-state index contributed by atoms with van der Waals surface area (Å²) in [5.74, 6) is -0.318. The van der Waals surface area contributed by atoms with Gasteiger partial charge in [0.15, 0.2) is 6.61 Å². The van der Waals surface area contributed by atoms with Gasteiger partial charge in [0.25, 0.3) is 5.56 Å². The minimum Gasteiger partial charge on any atom is -0.494 e. The van der Waals surface area contributed by atoms with E-state index in [0.29, 0.717) is 12.2 Å². The van der Waals surface area contributed by atoms with Gasteiger partial charge in [0.2, 0.25) is 11.7 Å². The number of nitrogens with zero attached hydrogens (tertiary/aromatic N) is 2. The highest BCUT2D eigenvalue weighted by Gasteiger charge is 2.24. The lowest BCUT2D eigenvalue weighted by atomic mass is 10.0. The van der Waals surface area contributed by atoms with E-state index in [1.54, 1.807) is 12.1 Å². The molecule has 0 aliphatic rings. The quantitative estimate of drug-likeness (QED) is 0.771. The summed E-state index contributed by atoms with van der Waals surface area (Å²) in [5, 5.41) is 19.8. The third-order valence-electron chi connectivity index (χ3n) is 4.27. The second-order valence-electron chi connectivity index (χ2n) is 6.10. The number of pyridine rings is 1. The highest BCUT2D eigenvalue weighted by molar-refractivity contribution is 6.01. The van der Waals surface area contributed by atoms with E-state index in [-0.39, 0.29) is 29.8 Å². The Morgan fingerprint density at radius 1 is 1.31 bits per heavy atom. The molecular weight excluding hydrogens is 332 g/mol. The number of hydrogen-bond donors (Lipinski definition) is 1. The maximum absolute atomic E-state index is 12.7. The standard InChI is InChI=1S/C20H22N2O4/c1-4-5-10-22-19(24)15(11-21)14(3)18(20(22)25)16(23)12-26-17-9-7-6-8-13(17)2/h6-9,25H,4-5,10,12H2,1-3H3. The van der Waals surface area contributed by atoms with Crippen LogP contribution in [-0.4, -0.2) is 22.1 Å². The van der Waals surface area contributed by atoms with Gasteiger partial charge >= 0.3 is 0 Å². The fourth-order valence-corrected chi connectivity index (χ4v) is 2.74. The Balaban J connectivity index is 2.41. The van der Waals surface area contributed by atoms with Crippen LogP contribution in [0.2, 0.25) is 0 Å². The number of para-hydroxylation sites is 1. The molecule has 6 heteroatoms. The van der Waals surface area contributed by atoms with E-state index < -0.39 is 17.2 Å². The van der Waals surface area contributed by atoms with E-state index >= 15 is 0 Å². The van der Waals surface area contributed by atoms with E-state index in [0.717, 1.165) is 16.6 Å². The van der Waals surface area contributed by atoms with Crippen LogP contribution in [0.3, 0.4) is 0 Å². The van der Waals surface area contributed by atoms with Crippen LogP contribution in [0.5, 0.6) is 11.6 Å². The van der Waals surface area contributed by atoms with Gasteiger partial charge in [-0.1, -0.05) is 31.5 Å². The van der Waals surface area contributed by atoms with Crippen LogP contribution < -0.4 is 10.3 Å². The van der Waals surface area contributed by atoms with Crippen molar-refractivity contribution in [3.63, 3.8) is 0 Å². The molecule has 26 heavy (non-hydrogen) atoms. The van der Waals surface area contributed by atoms with Crippen LogP contribution in [0, 0.1) is 25.2 Å². The molecule has 1 heterocycles. The van der Waals surface area contributed by atoms with Crippen molar-refractivity contribution in [2.24, 2.45) is 0 Å². The molecule has 2 rings (SSSR count). The third-order valence-corrected chi connectivity index (χ3v) is 4.27. The summed E-state index contributed by atoms with van der Waals surface area (Å²) in [5.41, 5.74) is 0.323. The van der Waals surface area contributed by atoms with E-state index in [1.165, 1.54) is 6.92 Å². The van der Waals surface area contributed by atoms with Gasteiger partial charge < -0.3 is 9.84 Å². The molecule has 136 valence electrons. The normalized spacial score (nSPS) is 10.4. The molecule has 0 saturated carbocycles. The van der Waals surface area contributed by atoms with Gasteiger partial charge in [-0.3, -0.25) is 14.2 Å². The molecule has 0 unspecified atom stereocenters. The zero-order valence-corrected chi connectivity index (χ0v) is 15.2. The van der Waals surface area contributed by atoms with Crippen molar-refractivity contribution >= 4 is 5.78 Å². The van der Waals surface area contributed by atoms with Crippen LogP contribution >= 0.6 is 0 Å². The molecule has 6 nitrogen and oxygen atoms in total. The number of ketones is 1. The molecule has 2 aromatic rings. The highest BCUT2D eigenvalue weighted by Crippen LogP contribution is 2.24. The zero-order chi connectivity index (χ0) is 19.3. The van der Waals surface area contributed by atoms with Crippen molar-refractivity contribution in [1.29, 1.82) is 5.26 Å². The first-order valence-electron chi connectivity index (χ1n) is 8.50. The lowest BCUT2D eigenvalue weighted by Crippen LogP contribution is -2.27. The van der Waals surface area contributed by atoms with Crippen LogP contribution in [0.1, 0.15) is 46.8 Å². The van der Waals surface area contributed by atoms with Crippen LogP contribution in [-0.2, 0) is 6.54 Å². The highest BCUT2D eigenvalue weighted by atomic mass is 16.5. The second kappa shape index (κ2) is 8.34. The fraction of sp³-hybridized carbons (Fsp3) is 0.350. The lowest BCUT2D eigenvalue weighted by molar-refractivity contribution is 0.0916. The van der Waals surface area contributed by atoms with Crippen molar-refractivity contribution in [1.82, 2.24) is 4.57 Å². The number of rotatable bonds is 7. The number of nitriles is 1. The number of hydrogen-bond acceptors (Lipinski definition) is 5. The van der Waals surface area contributed by atoms with Gasteiger partial charge in [0, 0.05) is 6.54 Å². The Morgan fingerprint density at radius 3 is 2.62 bits per heavy atom. The zero-order valence-electron chi connectivity index (χ0n) is 15.2. The molecular formula is C20H22N2O4. The van der Waals surface area contributed by atoms with Crippen LogP contribution in [0.15, 0.2) is 29.1 Å². The van der Waals surface area contributed by atoms with E-state index in [9.17, 15) is 20.0 Å². The molecule has 0 atom stereocenters. The molecule has 0 aliphatic carbocycles. The largest absolute Gasteiger partial charge is 0.494 e. The van der Waals surface area contributed by atoms with Crippen molar-refractivity contribution in [2.45, 2.75) is 40.2 Å².